The number of nitrogens with zero attached hydrogens (tertiary/aromatic N) is 3. The van der Waals surface area contributed by atoms with Gasteiger partial charge < -0.3 is 5.11 Å². The van der Waals surface area contributed by atoms with Crippen LogP contribution in [0.5, 0.6) is 0 Å². The predicted octanol–water partition coefficient (Wildman–Crippen LogP) is 5.68. The number of aromatic nitrogens is 2. The topological polar surface area (TPSA) is 70.4 Å². The Morgan fingerprint density at radius 1 is 1.23 bits per heavy atom. The molecule has 1 unspecified atom stereocenters. The molecule has 0 amide bonds. The van der Waals surface area contributed by atoms with Crippen molar-refractivity contribution >= 4 is 44.9 Å². The Labute approximate surface area is 182 Å². The average Bonchev–Trinajstić information content (AvgIpc) is 3.33. The van der Waals surface area contributed by atoms with Gasteiger partial charge in [0, 0.05) is 16.2 Å². The van der Waals surface area contributed by atoms with Gasteiger partial charge in [-0.3, -0.25) is 5.43 Å². The minimum Gasteiger partial charge on any atom is -0.388 e. The quantitative estimate of drug-likeness (QED) is 0.286. The number of aryl methyl sites for hydroxylation is 1. The van der Waals surface area contributed by atoms with Crippen LogP contribution < -0.4 is 5.43 Å². The van der Waals surface area contributed by atoms with Crippen molar-refractivity contribution in [3.63, 3.8) is 0 Å². The van der Waals surface area contributed by atoms with E-state index in [1.165, 1.54) is 35.1 Å². The predicted molar refractivity (Wildman–Crippen MR) is 122 cm³/mol. The zero-order chi connectivity index (χ0) is 21.1. The zero-order valence-electron chi connectivity index (χ0n) is 16.6. The van der Waals surface area contributed by atoms with Crippen LogP contribution in [0.1, 0.15) is 45.2 Å². The molecule has 0 saturated carbocycles. The van der Waals surface area contributed by atoms with Gasteiger partial charge >= 0.3 is 0 Å². The highest BCUT2D eigenvalue weighted by atomic mass is 32.1. The van der Waals surface area contributed by atoms with E-state index in [-0.39, 0.29) is 5.82 Å². The van der Waals surface area contributed by atoms with Gasteiger partial charge in [-0.1, -0.05) is 25.1 Å². The standard InChI is InChI=1S/C22H21FN4OS2/c1-3-18(28)19-8-13(2)20(30-19)11-26-27-21-16-10-15(29-22(16)25-12-24-21)9-14-6-4-5-7-17(14)23/h4-8,10-12,18,28H,3,9H2,1-2H3,(H,24,25,27)/b26-11-. The number of rotatable bonds is 7. The van der Waals surface area contributed by atoms with Gasteiger partial charge in [0.1, 0.15) is 17.0 Å². The van der Waals surface area contributed by atoms with Gasteiger partial charge in [-0.2, -0.15) is 5.10 Å². The minimum absolute atomic E-state index is 0.206. The SMILES string of the molecule is CCC(O)c1cc(C)c(/C=N\Nc2ncnc3sc(Cc4ccccc4F)cc23)s1. The fraction of sp³-hybridized carbons (Fsp3) is 0.227. The number of halogens is 1. The van der Waals surface area contributed by atoms with E-state index in [2.05, 4.69) is 20.5 Å². The molecule has 0 radical (unpaired) electrons. The van der Waals surface area contributed by atoms with Gasteiger partial charge in [-0.05, 0) is 42.7 Å². The first kappa shape index (κ1) is 20.6. The summed E-state index contributed by atoms with van der Waals surface area (Å²) in [5.41, 5.74) is 4.73. The molecule has 4 aromatic rings. The summed E-state index contributed by atoms with van der Waals surface area (Å²) in [6, 6.07) is 10.8. The van der Waals surface area contributed by atoms with Gasteiger partial charge in [0.05, 0.1) is 22.6 Å². The first-order valence-electron chi connectivity index (χ1n) is 9.59. The van der Waals surface area contributed by atoms with Crippen LogP contribution >= 0.6 is 22.7 Å². The Hall–Kier alpha value is -2.68. The van der Waals surface area contributed by atoms with E-state index in [1.54, 1.807) is 18.3 Å². The van der Waals surface area contributed by atoms with Crippen LogP contribution in [0, 0.1) is 12.7 Å². The Balaban J connectivity index is 1.53. The molecule has 154 valence electrons. The van der Waals surface area contributed by atoms with Gasteiger partial charge in [-0.25, -0.2) is 14.4 Å². The molecule has 5 nitrogen and oxygen atoms in total. The highest BCUT2D eigenvalue weighted by Gasteiger charge is 2.12. The monoisotopic (exact) mass is 440 g/mol. The van der Waals surface area contributed by atoms with E-state index in [4.69, 9.17) is 0 Å². The molecule has 8 heteroatoms. The summed E-state index contributed by atoms with van der Waals surface area (Å²) in [7, 11) is 0. The summed E-state index contributed by atoms with van der Waals surface area (Å²) in [6.45, 7) is 3.96. The van der Waals surface area contributed by atoms with Crippen LogP contribution in [0.2, 0.25) is 0 Å². The third-order valence-corrected chi connectivity index (χ3v) is 7.06. The third-order valence-electron chi connectivity index (χ3n) is 4.75. The minimum atomic E-state index is -0.441. The van der Waals surface area contributed by atoms with Gasteiger partial charge in [0.15, 0.2) is 5.82 Å². The lowest BCUT2D eigenvalue weighted by molar-refractivity contribution is 0.177. The van der Waals surface area contributed by atoms with Crippen molar-refractivity contribution in [3.05, 3.63) is 74.3 Å². The highest BCUT2D eigenvalue weighted by Crippen LogP contribution is 2.31. The molecular weight excluding hydrogens is 419 g/mol. The summed E-state index contributed by atoms with van der Waals surface area (Å²) >= 11 is 3.05. The molecule has 3 heterocycles. The Kier molecular flexibility index (Phi) is 6.17. The molecule has 0 aliphatic carbocycles. The van der Waals surface area contributed by atoms with Crippen molar-refractivity contribution in [2.75, 3.05) is 5.43 Å². The van der Waals surface area contributed by atoms with Crippen LogP contribution in [0.4, 0.5) is 10.2 Å². The summed E-state index contributed by atoms with van der Waals surface area (Å²) in [5, 5.41) is 15.2. The molecule has 2 N–H and O–H groups in total. The molecule has 0 bridgehead atoms. The van der Waals surface area contributed by atoms with E-state index >= 15 is 0 Å². The summed E-state index contributed by atoms with van der Waals surface area (Å²) in [4.78, 5) is 12.4. The molecule has 3 aromatic heterocycles. The lowest BCUT2D eigenvalue weighted by Crippen LogP contribution is -1.94. The average molecular weight is 441 g/mol. The first-order valence-corrected chi connectivity index (χ1v) is 11.2. The van der Waals surface area contributed by atoms with Crippen molar-refractivity contribution in [2.24, 2.45) is 5.10 Å². The number of aliphatic hydroxyl groups is 1. The molecule has 0 aliphatic rings. The molecule has 1 aromatic carbocycles. The number of aliphatic hydroxyl groups excluding tert-OH is 1. The third kappa shape index (κ3) is 4.40. The van der Waals surface area contributed by atoms with Crippen LogP contribution in [0.25, 0.3) is 10.2 Å². The van der Waals surface area contributed by atoms with E-state index in [1.807, 2.05) is 32.0 Å². The molecule has 4 rings (SSSR count). The van der Waals surface area contributed by atoms with E-state index in [0.717, 1.165) is 30.4 Å². The number of nitrogens with one attached hydrogen (secondary N) is 1. The molecule has 0 fully saturated rings. The number of benzene rings is 1. The van der Waals surface area contributed by atoms with Crippen molar-refractivity contribution in [2.45, 2.75) is 32.8 Å². The second-order valence-electron chi connectivity index (χ2n) is 6.91. The van der Waals surface area contributed by atoms with Gasteiger partial charge in [0.2, 0.25) is 0 Å². The summed E-state index contributed by atoms with van der Waals surface area (Å²) < 4.78 is 14.0. The molecule has 1 atom stereocenters. The molecule has 0 saturated heterocycles. The number of thiophene rings is 2. The maximum Gasteiger partial charge on any atom is 0.158 e. The molecule has 0 aliphatic heterocycles. The second kappa shape index (κ2) is 8.99. The Bertz CT molecular complexity index is 1200. The maximum absolute atomic E-state index is 14.0. The van der Waals surface area contributed by atoms with Crippen LogP contribution in [-0.4, -0.2) is 21.3 Å². The number of anilines is 1. The largest absolute Gasteiger partial charge is 0.388 e. The lowest BCUT2D eigenvalue weighted by Gasteiger charge is -2.02. The fourth-order valence-corrected chi connectivity index (χ4v) is 5.21. The van der Waals surface area contributed by atoms with E-state index in [9.17, 15) is 9.50 Å². The second-order valence-corrected chi connectivity index (χ2v) is 9.14. The fourth-order valence-electron chi connectivity index (χ4n) is 3.08. The zero-order valence-corrected chi connectivity index (χ0v) is 18.2. The summed E-state index contributed by atoms with van der Waals surface area (Å²) in [6.07, 6.45) is 3.99. The Morgan fingerprint density at radius 3 is 2.87 bits per heavy atom. The molecular formula is C22H21FN4OS2. The number of fused-ring (bicyclic) bond motifs is 1. The van der Waals surface area contributed by atoms with Crippen LogP contribution in [0.15, 0.2) is 47.8 Å². The van der Waals surface area contributed by atoms with Gasteiger partial charge in [-0.15, -0.1) is 22.7 Å². The lowest BCUT2D eigenvalue weighted by atomic mass is 10.1. The first-order chi connectivity index (χ1) is 14.5. The highest BCUT2D eigenvalue weighted by molar-refractivity contribution is 7.18. The molecule has 0 spiro atoms. The number of hydrogen-bond donors (Lipinski definition) is 2. The number of hydrazone groups is 1. The van der Waals surface area contributed by atoms with Crippen LogP contribution in [0.3, 0.4) is 0 Å². The van der Waals surface area contributed by atoms with Crippen molar-refractivity contribution in [3.8, 4) is 0 Å². The van der Waals surface area contributed by atoms with Crippen molar-refractivity contribution in [1.29, 1.82) is 0 Å². The van der Waals surface area contributed by atoms with Gasteiger partial charge in [0.25, 0.3) is 0 Å². The van der Waals surface area contributed by atoms with Crippen molar-refractivity contribution in [1.82, 2.24) is 9.97 Å². The van der Waals surface area contributed by atoms with E-state index in [0.29, 0.717) is 24.2 Å². The molecule has 30 heavy (non-hydrogen) atoms. The van der Waals surface area contributed by atoms with Crippen molar-refractivity contribution < 1.29 is 9.50 Å². The van der Waals surface area contributed by atoms with Crippen LogP contribution in [-0.2, 0) is 6.42 Å². The maximum atomic E-state index is 14.0. The normalized spacial score (nSPS) is 12.7. The number of hydrogen-bond acceptors (Lipinski definition) is 7. The van der Waals surface area contributed by atoms with E-state index < -0.39 is 6.10 Å². The summed E-state index contributed by atoms with van der Waals surface area (Å²) in [5.74, 6) is 0.401. The smallest absolute Gasteiger partial charge is 0.158 e. The Morgan fingerprint density at radius 2 is 2.07 bits per heavy atom.